The molecule has 0 fully saturated rings. The summed E-state index contributed by atoms with van der Waals surface area (Å²) < 4.78 is 4.62. The Morgan fingerprint density at radius 1 is 1.42 bits per heavy atom. The highest BCUT2D eigenvalue weighted by atomic mass is 16.5. The van der Waals surface area contributed by atoms with E-state index in [0.29, 0.717) is 12.3 Å². The van der Waals surface area contributed by atoms with E-state index in [9.17, 15) is 9.90 Å². The first kappa shape index (κ1) is 11.4. The lowest BCUT2D eigenvalue weighted by atomic mass is 10.1. The Labute approximate surface area is 73.7 Å². The Hall–Kier alpha value is -0.570. The molecule has 0 aliphatic carbocycles. The molecule has 0 aromatic carbocycles. The minimum Gasteiger partial charge on any atom is -0.463 e. The molecule has 0 atom stereocenters. The van der Waals surface area contributed by atoms with Crippen LogP contribution in [0.4, 0.5) is 0 Å². The van der Waals surface area contributed by atoms with Crippen LogP contribution in [0.25, 0.3) is 0 Å². The first-order chi connectivity index (χ1) is 5.66. The number of esters is 1. The standard InChI is InChI=1S/C9H17O3/c1-8(2)4-3-5-9(11)12-7-6-10/h8H,3-7H2,1-2H3. The third-order valence-electron chi connectivity index (χ3n) is 1.51. The van der Waals surface area contributed by atoms with Gasteiger partial charge in [-0.1, -0.05) is 20.3 Å². The van der Waals surface area contributed by atoms with E-state index in [1.165, 1.54) is 0 Å². The number of ether oxygens (including phenoxy) is 1. The molecule has 1 radical (unpaired) electrons. The molecule has 0 rings (SSSR count). The molecular formula is C9H17O3. The van der Waals surface area contributed by atoms with E-state index in [4.69, 9.17) is 0 Å². The van der Waals surface area contributed by atoms with Gasteiger partial charge in [0.05, 0.1) is 0 Å². The fraction of sp³-hybridized carbons (Fsp3) is 0.889. The zero-order chi connectivity index (χ0) is 9.40. The summed E-state index contributed by atoms with van der Waals surface area (Å²) in [7, 11) is 0. The van der Waals surface area contributed by atoms with Crippen molar-refractivity contribution < 1.29 is 14.6 Å². The first-order valence-electron chi connectivity index (χ1n) is 4.40. The predicted octanol–water partition coefficient (Wildman–Crippen LogP) is 1.79. The molecule has 0 unspecified atom stereocenters. The molecule has 0 heterocycles. The van der Waals surface area contributed by atoms with Crippen LogP contribution in [0.2, 0.25) is 0 Å². The van der Waals surface area contributed by atoms with Crippen molar-refractivity contribution >= 4 is 5.97 Å². The smallest absolute Gasteiger partial charge is 0.305 e. The minimum atomic E-state index is -0.337. The highest BCUT2D eigenvalue weighted by Gasteiger charge is 2.02. The summed E-state index contributed by atoms with van der Waals surface area (Å²) in [5, 5.41) is 9.94. The molecule has 0 spiro atoms. The topological polar surface area (TPSA) is 46.2 Å². The van der Waals surface area contributed by atoms with Crippen LogP contribution in [0.1, 0.15) is 33.1 Å². The zero-order valence-corrected chi connectivity index (χ0v) is 7.84. The van der Waals surface area contributed by atoms with E-state index in [-0.39, 0.29) is 19.2 Å². The molecule has 0 saturated carbocycles. The van der Waals surface area contributed by atoms with Crippen molar-refractivity contribution in [2.75, 3.05) is 13.2 Å². The summed E-state index contributed by atoms with van der Waals surface area (Å²) in [6.07, 6.45) is 2.33. The van der Waals surface area contributed by atoms with Gasteiger partial charge in [-0.2, -0.15) is 0 Å². The van der Waals surface area contributed by atoms with Crippen molar-refractivity contribution in [3.63, 3.8) is 0 Å². The number of carbonyl (C=O) groups excluding carboxylic acids is 1. The number of carbonyl (C=O) groups is 1. The molecular weight excluding hydrogens is 156 g/mol. The lowest BCUT2D eigenvalue weighted by Gasteiger charge is -2.03. The Balaban J connectivity index is 3.20. The van der Waals surface area contributed by atoms with Crippen molar-refractivity contribution in [3.05, 3.63) is 0 Å². The lowest BCUT2D eigenvalue weighted by molar-refractivity contribution is -0.145. The third kappa shape index (κ3) is 7.54. The predicted molar refractivity (Wildman–Crippen MR) is 45.2 cm³/mol. The molecule has 0 amide bonds. The lowest BCUT2D eigenvalue weighted by Crippen LogP contribution is -2.07. The van der Waals surface area contributed by atoms with E-state index in [1.807, 2.05) is 0 Å². The van der Waals surface area contributed by atoms with Crippen LogP contribution in [0.5, 0.6) is 0 Å². The molecule has 0 aliphatic rings. The average molecular weight is 173 g/mol. The van der Waals surface area contributed by atoms with Gasteiger partial charge in [-0.25, -0.2) is 5.11 Å². The van der Waals surface area contributed by atoms with Crippen LogP contribution in [0.15, 0.2) is 0 Å². The van der Waals surface area contributed by atoms with Crippen molar-refractivity contribution in [2.24, 2.45) is 5.92 Å². The molecule has 3 heteroatoms. The van der Waals surface area contributed by atoms with E-state index >= 15 is 0 Å². The van der Waals surface area contributed by atoms with Crippen LogP contribution < -0.4 is 0 Å². The Kier molecular flexibility index (Phi) is 6.76. The fourth-order valence-electron chi connectivity index (χ4n) is 0.882. The summed E-state index contributed by atoms with van der Waals surface area (Å²) in [5.74, 6) is 0.379. The molecule has 71 valence electrons. The van der Waals surface area contributed by atoms with Gasteiger partial charge < -0.3 is 4.74 Å². The second-order valence-corrected chi connectivity index (χ2v) is 3.21. The van der Waals surface area contributed by atoms with Crippen molar-refractivity contribution in [1.82, 2.24) is 0 Å². The highest BCUT2D eigenvalue weighted by molar-refractivity contribution is 5.69. The van der Waals surface area contributed by atoms with Gasteiger partial charge in [0, 0.05) is 6.42 Å². The average Bonchev–Trinajstić information content (AvgIpc) is 2.00. The molecule has 0 aromatic heterocycles. The Morgan fingerprint density at radius 3 is 2.58 bits per heavy atom. The summed E-state index contributed by atoms with van der Waals surface area (Å²) in [6.45, 7) is 3.91. The fourth-order valence-corrected chi connectivity index (χ4v) is 0.882. The number of hydrogen-bond acceptors (Lipinski definition) is 2. The SMILES string of the molecule is CC(C)CCCC(=O)OCC[O]. The Bertz CT molecular complexity index is 121. The first-order valence-corrected chi connectivity index (χ1v) is 4.40. The van der Waals surface area contributed by atoms with Gasteiger partial charge in [0.15, 0.2) is 0 Å². The van der Waals surface area contributed by atoms with E-state index in [2.05, 4.69) is 18.6 Å². The van der Waals surface area contributed by atoms with Gasteiger partial charge in [0.25, 0.3) is 0 Å². The van der Waals surface area contributed by atoms with Crippen LogP contribution in [-0.4, -0.2) is 19.2 Å². The monoisotopic (exact) mass is 173 g/mol. The third-order valence-corrected chi connectivity index (χ3v) is 1.51. The van der Waals surface area contributed by atoms with Crippen LogP contribution >= 0.6 is 0 Å². The van der Waals surface area contributed by atoms with Gasteiger partial charge in [0.2, 0.25) is 0 Å². The van der Waals surface area contributed by atoms with E-state index in [1.54, 1.807) is 0 Å². The van der Waals surface area contributed by atoms with Crippen molar-refractivity contribution in [2.45, 2.75) is 33.1 Å². The second kappa shape index (κ2) is 7.10. The number of hydrogen-bond donors (Lipinski definition) is 0. The molecule has 0 aliphatic heterocycles. The molecule has 0 saturated heterocycles. The second-order valence-electron chi connectivity index (χ2n) is 3.21. The minimum absolute atomic E-state index is 0.0144. The molecule has 0 bridgehead atoms. The van der Waals surface area contributed by atoms with Gasteiger partial charge in [-0.15, -0.1) is 0 Å². The summed E-state index contributed by atoms with van der Waals surface area (Å²) in [6, 6.07) is 0. The quantitative estimate of drug-likeness (QED) is 0.575. The van der Waals surface area contributed by atoms with Crippen LogP contribution in [0.3, 0.4) is 0 Å². The maximum atomic E-state index is 10.8. The maximum Gasteiger partial charge on any atom is 0.305 e. The molecule has 0 N–H and O–H groups in total. The zero-order valence-electron chi connectivity index (χ0n) is 7.84. The van der Waals surface area contributed by atoms with Gasteiger partial charge >= 0.3 is 5.97 Å². The van der Waals surface area contributed by atoms with E-state index < -0.39 is 0 Å². The molecule has 3 nitrogen and oxygen atoms in total. The highest BCUT2D eigenvalue weighted by Crippen LogP contribution is 2.06. The maximum absolute atomic E-state index is 10.8. The van der Waals surface area contributed by atoms with E-state index in [0.717, 1.165) is 12.8 Å². The van der Waals surface area contributed by atoms with Crippen molar-refractivity contribution in [3.8, 4) is 0 Å². The van der Waals surface area contributed by atoms with Gasteiger partial charge in [-0.3, -0.25) is 4.79 Å². The van der Waals surface area contributed by atoms with Gasteiger partial charge in [0.1, 0.15) is 13.2 Å². The summed E-state index contributed by atoms with van der Waals surface area (Å²) in [5.41, 5.74) is 0. The molecule has 12 heavy (non-hydrogen) atoms. The summed E-state index contributed by atoms with van der Waals surface area (Å²) >= 11 is 0. The normalized spacial score (nSPS) is 10.3. The Morgan fingerprint density at radius 2 is 2.08 bits per heavy atom. The largest absolute Gasteiger partial charge is 0.463 e. The number of rotatable bonds is 6. The van der Waals surface area contributed by atoms with Crippen LogP contribution in [0, 0.1) is 5.92 Å². The summed E-state index contributed by atoms with van der Waals surface area (Å²) in [4.78, 5) is 10.8. The van der Waals surface area contributed by atoms with Crippen molar-refractivity contribution in [1.29, 1.82) is 0 Å². The molecule has 0 aromatic rings. The van der Waals surface area contributed by atoms with Gasteiger partial charge in [-0.05, 0) is 12.3 Å². The van der Waals surface area contributed by atoms with Crippen LogP contribution in [-0.2, 0) is 14.6 Å².